The van der Waals surface area contributed by atoms with E-state index in [1.165, 1.54) is 19.3 Å². The van der Waals surface area contributed by atoms with Gasteiger partial charge in [-0.3, -0.25) is 9.48 Å². The number of nitrogens with one attached hydrogen (secondary N) is 3. The first-order valence-corrected chi connectivity index (χ1v) is 14.6. The molecule has 2 fully saturated rings. The molecule has 0 atom stereocenters. The lowest BCUT2D eigenvalue weighted by Gasteiger charge is -2.25. The first kappa shape index (κ1) is 27.3. The largest absolute Gasteiger partial charge is 0.478 e. The monoisotopic (exact) mass is 561 g/mol. The molecule has 9 nitrogen and oxygen atoms in total. The number of nitriles is 1. The van der Waals surface area contributed by atoms with Crippen molar-refractivity contribution < 1.29 is 9.53 Å². The van der Waals surface area contributed by atoms with Crippen molar-refractivity contribution in [2.75, 3.05) is 17.2 Å². The van der Waals surface area contributed by atoms with Crippen LogP contribution in [-0.2, 0) is 7.05 Å². The molecule has 6 rings (SSSR count). The van der Waals surface area contributed by atoms with E-state index in [2.05, 4.69) is 33.2 Å². The van der Waals surface area contributed by atoms with Gasteiger partial charge in [0.1, 0.15) is 23.5 Å². The van der Waals surface area contributed by atoms with Gasteiger partial charge < -0.3 is 20.7 Å². The zero-order valence-electron chi connectivity index (χ0n) is 23.8. The van der Waals surface area contributed by atoms with Crippen molar-refractivity contribution in [3.8, 4) is 34.1 Å². The molecule has 9 heteroatoms. The van der Waals surface area contributed by atoms with Gasteiger partial charge in [0, 0.05) is 59.3 Å². The number of pyridine rings is 1. The average Bonchev–Trinajstić information content (AvgIpc) is 3.73. The average molecular weight is 562 g/mol. The number of hydrogen-bond donors (Lipinski definition) is 3. The molecule has 42 heavy (non-hydrogen) atoms. The Morgan fingerprint density at radius 3 is 2.48 bits per heavy atom. The van der Waals surface area contributed by atoms with Crippen molar-refractivity contribution >= 4 is 23.2 Å². The molecular weight excluding hydrogens is 526 g/mol. The summed E-state index contributed by atoms with van der Waals surface area (Å²) in [4.78, 5) is 17.5. The number of anilines is 3. The van der Waals surface area contributed by atoms with Gasteiger partial charge in [-0.05, 0) is 67.6 Å². The molecule has 0 bridgehead atoms. The molecule has 1 amide bonds. The van der Waals surface area contributed by atoms with Crippen LogP contribution in [0, 0.1) is 11.3 Å². The van der Waals surface area contributed by atoms with E-state index in [9.17, 15) is 4.79 Å². The lowest BCUT2D eigenvalue weighted by molar-refractivity contribution is 0.0951. The number of rotatable bonds is 10. The van der Waals surface area contributed by atoms with Gasteiger partial charge in [-0.2, -0.15) is 10.4 Å². The van der Waals surface area contributed by atoms with E-state index in [0.717, 1.165) is 59.4 Å². The van der Waals surface area contributed by atoms with Crippen molar-refractivity contribution in [2.45, 2.75) is 57.0 Å². The maximum Gasteiger partial charge on any atom is 0.251 e. The van der Waals surface area contributed by atoms with Crippen LogP contribution in [0.15, 0.2) is 67.0 Å². The molecule has 4 aromatic rings. The van der Waals surface area contributed by atoms with Gasteiger partial charge in [-0.25, -0.2) is 4.98 Å². The fourth-order valence-corrected chi connectivity index (χ4v) is 5.39. The molecule has 0 unspecified atom stereocenters. The smallest absolute Gasteiger partial charge is 0.251 e. The number of ether oxygens (including phenoxy) is 1. The number of amides is 1. The minimum atomic E-state index is -0.0554. The summed E-state index contributed by atoms with van der Waals surface area (Å²) < 4.78 is 7.52. The molecule has 0 saturated heterocycles. The highest BCUT2D eigenvalue weighted by Crippen LogP contribution is 2.35. The number of hydrogen-bond acceptors (Lipinski definition) is 7. The molecule has 3 N–H and O–H groups in total. The van der Waals surface area contributed by atoms with Crippen LogP contribution in [-0.4, -0.2) is 39.4 Å². The van der Waals surface area contributed by atoms with Gasteiger partial charge >= 0.3 is 0 Å². The van der Waals surface area contributed by atoms with Crippen molar-refractivity contribution in [3.05, 3.63) is 72.6 Å². The third-order valence-electron chi connectivity index (χ3n) is 7.77. The molecule has 2 aliphatic rings. The molecule has 0 radical (unpaired) electrons. The normalized spacial score (nSPS) is 15.0. The Labute approximate surface area is 245 Å². The second kappa shape index (κ2) is 12.4. The van der Waals surface area contributed by atoms with Crippen molar-refractivity contribution in [3.63, 3.8) is 0 Å². The van der Waals surface area contributed by atoms with E-state index in [-0.39, 0.29) is 12.5 Å². The minimum Gasteiger partial charge on any atom is -0.478 e. The van der Waals surface area contributed by atoms with Gasteiger partial charge in [0.25, 0.3) is 5.91 Å². The zero-order chi connectivity index (χ0) is 28.9. The number of nitrogens with zero attached hydrogens (tertiary/aromatic N) is 4. The lowest BCUT2D eigenvalue weighted by atomic mass is 9.95. The van der Waals surface area contributed by atoms with E-state index in [4.69, 9.17) is 15.0 Å². The van der Waals surface area contributed by atoms with Gasteiger partial charge in [0.2, 0.25) is 0 Å². The standard InChI is InChI=1S/C33H35N7O2/c1-40-21-24(20-35-40)28-14-13-27(19-30(28)42-18-17-34)36-31-16-15-29(32(39-31)37-25-5-3-2-4-6-25)22-7-9-23(10-8-22)33(41)38-26-11-12-26/h7-10,13-16,19-21,25-26H,2-6,11-12,18H2,1H3,(H,38,41)(H2,36,37,39). The number of aryl methyl sites for hydroxylation is 1. The molecule has 0 spiro atoms. The second-order valence-electron chi connectivity index (χ2n) is 11.1. The van der Waals surface area contributed by atoms with Crippen molar-refractivity contribution in [2.24, 2.45) is 7.05 Å². The van der Waals surface area contributed by atoms with Gasteiger partial charge in [-0.15, -0.1) is 0 Å². The lowest BCUT2D eigenvalue weighted by Crippen LogP contribution is -2.25. The van der Waals surface area contributed by atoms with Crippen LogP contribution >= 0.6 is 0 Å². The highest BCUT2D eigenvalue weighted by Gasteiger charge is 2.24. The highest BCUT2D eigenvalue weighted by molar-refractivity contribution is 5.95. The summed E-state index contributed by atoms with van der Waals surface area (Å²) in [7, 11) is 1.86. The first-order chi connectivity index (χ1) is 20.6. The summed E-state index contributed by atoms with van der Waals surface area (Å²) in [5, 5.41) is 23.6. The van der Waals surface area contributed by atoms with Gasteiger partial charge in [-0.1, -0.05) is 31.4 Å². The molecule has 2 aromatic heterocycles. The predicted octanol–water partition coefficient (Wildman–Crippen LogP) is 6.43. The Kier molecular flexibility index (Phi) is 8.04. The van der Waals surface area contributed by atoms with Crippen molar-refractivity contribution in [1.82, 2.24) is 20.1 Å². The Morgan fingerprint density at radius 2 is 1.76 bits per heavy atom. The van der Waals surface area contributed by atoms with Crippen LogP contribution in [0.2, 0.25) is 0 Å². The molecule has 214 valence electrons. The van der Waals surface area contributed by atoms with E-state index in [1.807, 2.05) is 61.8 Å². The fourth-order valence-electron chi connectivity index (χ4n) is 5.39. The topological polar surface area (TPSA) is 117 Å². The minimum absolute atomic E-state index is 0.0186. The van der Waals surface area contributed by atoms with Crippen LogP contribution in [0.5, 0.6) is 5.75 Å². The quantitative estimate of drug-likeness (QED) is 0.204. The van der Waals surface area contributed by atoms with Crippen LogP contribution in [0.3, 0.4) is 0 Å². The summed E-state index contributed by atoms with van der Waals surface area (Å²) in [5.74, 6) is 2.08. The summed E-state index contributed by atoms with van der Waals surface area (Å²) in [6.45, 7) is -0.0554. The first-order valence-electron chi connectivity index (χ1n) is 14.6. The van der Waals surface area contributed by atoms with E-state index in [0.29, 0.717) is 29.2 Å². The third kappa shape index (κ3) is 6.55. The number of carbonyl (C=O) groups excluding carboxylic acids is 1. The van der Waals surface area contributed by atoms with E-state index in [1.54, 1.807) is 10.9 Å². The Bertz CT molecular complexity index is 1600. The molecule has 2 heterocycles. The number of aromatic nitrogens is 3. The molecule has 2 aromatic carbocycles. The Balaban J connectivity index is 1.27. The molecule has 2 aliphatic carbocycles. The Morgan fingerprint density at radius 1 is 0.976 bits per heavy atom. The highest BCUT2D eigenvalue weighted by atomic mass is 16.5. The second-order valence-corrected chi connectivity index (χ2v) is 11.1. The van der Waals surface area contributed by atoms with Gasteiger partial charge in [0.15, 0.2) is 6.61 Å². The SMILES string of the molecule is Cn1cc(-c2ccc(Nc3ccc(-c4ccc(C(=O)NC5CC5)cc4)c(NC4CCCCC4)n3)cc2OCC#N)cn1. The summed E-state index contributed by atoms with van der Waals surface area (Å²) in [5.41, 5.74) is 5.23. The van der Waals surface area contributed by atoms with E-state index < -0.39 is 0 Å². The predicted molar refractivity (Wildman–Crippen MR) is 164 cm³/mol. The fraction of sp³-hybridized carbons (Fsp3) is 0.333. The molecule has 0 aliphatic heterocycles. The van der Waals surface area contributed by atoms with E-state index >= 15 is 0 Å². The molecular formula is C33H35N7O2. The van der Waals surface area contributed by atoms with Gasteiger partial charge in [0.05, 0.1) is 6.20 Å². The van der Waals surface area contributed by atoms with Crippen molar-refractivity contribution in [1.29, 1.82) is 5.26 Å². The summed E-state index contributed by atoms with van der Waals surface area (Å²) in [6, 6.07) is 20.3. The maximum absolute atomic E-state index is 12.5. The molecule has 2 saturated carbocycles. The number of benzene rings is 2. The van der Waals surface area contributed by atoms with Crippen LogP contribution in [0.1, 0.15) is 55.3 Å². The zero-order valence-corrected chi connectivity index (χ0v) is 23.8. The Hall–Kier alpha value is -4.84. The van der Waals surface area contributed by atoms with Crippen LogP contribution < -0.4 is 20.7 Å². The summed E-state index contributed by atoms with van der Waals surface area (Å²) in [6.07, 6.45) is 11.8. The maximum atomic E-state index is 12.5. The number of carbonyl (C=O) groups is 1. The third-order valence-corrected chi connectivity index (χ3v) is 7.77. The van der Waals surface area contributed by atoms with Crippen LogP contribution in [0.25, 0.3) is 22.3 Å². The summed E-state index contributed by atoms with van der Waals surface area (Å²) >= 11 is 0. The van der Waals surface area contributed by atoms with Crippen LogP contribution in [0.4, 0.5) is 17.3 Å².